The Morgan fingerprint density at radius 3 is 2.79 bits per heavy atom. The summed E-state index contributed by atoms with van der Waals surface area (Å²) in [5, 5.41) is 12.8. The van der Waals surface area contributed by atoms with Crippen molar-refractivity contribution >= 4 is 41.6 Å². The van der Waals surface area contributed by atoms with Crippen LogP contribution in [0.4, 0.5) is 0 Å². The number of hydrogen-bond acceptors (Lipinski definition) is 5. The molecule has 0 bridgehead atoms. The Kier molecular flexibility index (Phi) is 6.98. The van der Waals surface area contributed by atoms with Crippen molar-refractivity contribution in [2.75, 3.05) is 13.1 Å². The van der Waals surface area contributed by atoms with Crippen LogP contribution in [0.5, 0.6) is 0 Å². The highest BCUT2D eigenvalue weighted by Gasteiger charge is 2.31. The molecule has 0 saturated carbocycles. The summed E-state index contributed by atoms with van der Waals surface area (Å²) < 4.78 is 1.72. The van der Waals surface area contributed by atoms with E-state index in [2.05, 4.69) is 34.5 Å². The molecule has 0 radical (unpaired) electrons. The number of piperazine rings is 1. The number of carbonyl (C=O) groups is 1. The Balaban J connectivity index is 0.00000140. The fourth-order valence-corrected chi connectivity index (χ4v) is 3.45. The maximum absolute atomic E-state index is 13.0. The summed E-state index contributed by atoms with van der Waals surface area (Å²) in [5.41, 5.74) is 2.96. The lowest BCUT2D eigenvalue weighted by atomic mass is 10.1. The fourth-order valence-electron chi connectivity index (χ4n) is 3.45. The second-order valence-electron chi connectivity index (χ2n) is 6.80. The summed E-state index contributed by atoms with van der Waals surface area (Å²) in [6.07, 6.45) is 1.77. The van der Waals surface area contributed by atoms with Crippen molar-refractivity contribution in [3.8, 4) is 5.69 Å². The van der Waals surface area contributed by atoms with Crippen LogP contribution < -0.4 is 5.32 Å². The van der Waals surface area contributed by atoms with Gasteiger partial charge in [-0.05, 0) is 45.0 Å². The van der Waals surface area contributed by atoms with Gasteiger partial charge in [-0.3, -0.25) is 9.78 Å². The first-order chi connectivity index (χ1) is 12.6. The van der Waals surface area contributed by atoms with Gasteiger partial charge in [0.2, 0.25) is 0 Å². The van der Waals surface area contributed by atoms with E-state index >= 15 is 0 Å². The number of pyridine rings is 1. The van der Waals surface area contributed by atoms with E-state index in [1.54, 1.807) is 10.9 Å². The van der Waals surface area contributed by atoms with Crippen LogP contribution in [0.3, 0.4) is 0 Å². The predicted octanol–water partition coefficient (Wildman–Crippen LogP) is 2.79. The fraction of sp³-hybridized carbons (Fsp3) is 0.368. The average molecular weight is 423 g/mol. The summed E-state index contributed by atoms with van der Waals surface area (Å²) in [6.45, 7) is 7.51. The molecule has 1 aliphatic heterocycles. The number of benzene rings is 1. The number of hydrogen-bond donors (Lipinski definition) is 1. The molecule has 7 nitrogen and oxygen atoms in total. The number of nitrogens with one attached hydrogen (secondary N) is 1. The lowest BCUT2D eigenvalue weighted by Crippen LogP contribution is -2.57. The maximum atomic E-state index is 13.0. The molecule has 150 valence electrons. The van der Waals surface area contributed by atoms with Crippen LogP contribution in [0.15, 0.2) is 36.5 Å². The molecule has 4 rings (SSSR count). The van der Waals surface area contributed by atoms with E-state index in [0.29, 0.717) is 12.2 Å². The first-order valence-corrected chi connectivity index (χ1v) is 8.88. The molecule has 3 heterocycles. The molecular weight excluding hydrogens is 399 g/mol. The number of amides is 1. The molecule has 2 unspecified atom stereocenters. The molecule has 28 heavy (non-hydrogen) atoms. The monoisotopic (exact) mass is 422 g/mol. The Bertz CT molecular complexity index is 976. The predicted molar refractivity (Wildman–Crippen MR) is 114 cm³/mol. The zero-order valence-electron chi connectivity index (χ0n) is 16.0. The lowest BCUT2D eigenvalue weighted by Gasteiger charge is -2.38. The van der Waals surface area contributed by atoms with Gasteiger partial charge >= 0.3 is 0 Å². The van der Waals surface area contributed by atoms with Gasteiger partial charge in [0.15, 0.2) is 5.69 Å². The smallest absolute Gasteiger partial charge is 0.276 e. The summed E-state index contributed by atoms with van der Waals surface area (Å²) in [5.74, 6) is -0.0583. The molecule has 2 aromatic heterocycles. The van der Waals surface area contributed by atoms with Crippen molar-refractivity contribution in [1.29, 1.82) is 0 Å². The molecule has 0 spiro atoms. The van der Waals surface area contributed by atoms with Crippen LogP contribution in [-0.2, 0) is 0 Å². The van der Waals surface area contributed by atoms with E-state index in [9.17, 15) is 4.79 Å². The number of nitrogens with zero attached hydrogens (tertiary/aromatic N) is 5. The second kappa shape index (κ2) is 8.86. The molecule has 3 aromatic rings. The third kappa shape index (κ3) is 3.83. The Hall–Kier alpha value is -2.22. The van der Waals surface area contributed by atoms with Crippen molar-refractivity contribution in [3.05, 3.63) is 47.9 Å². The Labute approximate surface area is 176 Å². The highest BCUT2D eigenvalue weighted by atomic mass is 35.5. The van der Waals surface area contributed by atoms with Crippen LogP contribution in [-0.4, -0.2) is 56.0 Å². The van der Waals surface area contributed by atoms with E-state index in [0.717, 1.165) is 28.8 Å². The molecule has 0 aliphatic carbocycles. The zero-order valence-corrected chi connectivity index (χ0v) is 17.6. The molecule has 2 atom stereocenters. The van der Waals surface area contributed by atoms with Gasteiger partial charge in [0.25, 0.3) is 5.91 Å². The van der Waals surface area contributed by atoms with E-state index in [1.165, 1.54) is 0 Å². The molecule has 9 heteroatoms. The Morgan fingerprint density at radius 2 is 2.00 bits per heavy atom. The van der Waals surface area contributed by atoms with Gasteiger partial charge in [0.1, 0.15) is 0 Å². The highest BCUT2D eigenvalue weighted by Crippen LogP contribution is 2.20. The molecule has 1 N–H and O–H groups in total. The molecule has 1 fully saturated rings. The van der Waals surface area contributed by atoms with Gasteiger partial charge in [0, 0.05) is 36.8 Å². The van der Waals surface area contributed by atoms with E-state index in [1.807, 2.05) is 42.2 Å². The van der Waals surface area contributed by atoms with Gasteiger partial charge in [-0.1, -0.05) is 11.3 Å². The average Bonchev–Trinajstić information content (AvgIpc) is 3.04. The van der Waals surface area contributed by atoms with Crippen molar-refractivity contribution < 1.29 is 4.79 Å². The summed E-state index contributed by atoms with van der Waals surface area (Å²) in [7, 11) is 0. The first kappa shape index (κ1) is 22.1. The topological polar surface area (TPSA) is 75.9 Å². The zero-order chi connectivity index (χ0) is 18.3. The van der Waals surface area contributed by atoms with Gasteiger partial charge in [-0.15, -0.1) is 29.9 Å². The van der Waals surface area contributed by atoms with Gasteiger partial charge in [-0.2, -0.15) is 0 Å². The molecule has 1 saturated heterocycles. The van der Waals surface area contributed by atoms with Gasteiger partial charge < -0.3 is 10.2 Å². The normalized spacial score (nSPS) is 19.0. The van der Waals surface area contributed by atoms with Crippen molar-refractivity contribution in [1.82, 2.24) is 30.2 Å². The van der Waals surface area contributed by atoms with Crippen LogP contribution in [0.25, 0.3) is 16.6 Å². The molecule has 1 amide bonds. The third-order valence-electron chi connectivity index (χ3n) is 5.22. The third-order valence-corrected chi connectivity index (χ3v) is 5.22. The first-order valence-electron chi connectivity index (χ1n) is 8.88. The van der Waals surface area contributed by atoms with Crippen molar-refractivity contribution in [2.24, 2.45) is 0 Å². The number of aromatic nitrogens is 4. The minimum atomic E-state index is -0.0583. The number of rotatable bonds is 2. The minimum Gasteiger partial charge on any atom is -0.332 e. The lowest BCUT2D eigenvalue weighted by molar-refractivity contribution is 0.0596. The molecule has 1 aliphatic rings. The van der Waals surface area contributed by atoms with Crippen molar-refractivity contribution in [3.63, 3.8) is 0 Å². The summed E-state index contributed by atoms with van der Waals surface area (Å²) in [4.78, 5) is 19.2. The van der Waals surface area contributed by atoms with Gasteiger partial charge in [-0.25, -0.2) is 4.68 Å². The van der Waals surface area contributed by atoms with Gasteiger partial charge in [0.05, 0.1) is 16.9 Å². The summed E-state index contributed by atoms with van der Waals surface area (Å²) in [6, 6.07) is 10.2. The van der Waals surface area contributed by atoms with Crippen LogP contribution in [0.2, 0.25) is 0 Å². The molecular formula is C19H24Cl2N6O. The van der Waals surface area contributed by atoms with Crippen LogP contribution in [0, 0.1) is 6.92 Å². The van der Waals surface area contributed by atoms with Crippen molar-refractivity contribution in [2.45, 2.75) is 32.9 Å². The second-order valence-corrected chi connectivity index (χ2v) is 6.80. The number of halogens is 2. The highest BCUT2D eigenvalue weighted by molar-refractivity contribution is 5.93. The number of fused-ring (bicyclic) bond motifs is 1. The summed E-state index contributed by atoms with van der Waals surface area (Å²) >= 11 is 0. The largest absolute Gasteiger partial charge is 0.332 e. The minimum absolute atomic E-state index is 0. The number of carbonyl (C=O) groups excluding carboxylic acids is 1. The Morgan fingerprint density at radius 1 is 1.21 bits per heavy atom. The van der Waals surface area contributed by atoms with E-state index in [4.69, 9.17) is 0 Å². The maximum Gasteiger partial charge on any atom is 0.276 e. The standard InChI is InChI=1S/C19H22N6O.2ClH/c1-12-13(2)24(10-9-20-12)19(26)18-14(3)25(23-22-18)16-6-7-17-15(11-16)5-4-8-21-17;;/h4-8,11-13,20H,9-10H2,1-3H3;2*1H. The SMILES string of the molecule is Cc1c(C(=O)N2CCNC(C)C2C)nnn1-c1ccc2ncccc2c1.Cl.Cl. The van der Waals surface area contributed by atoms with E-state index in [-0.39, 0.29) is 42.8 Å². The van der Waals surface area contributed by atoms with Crippen LogP contribution in [0.1, 0.15) is 30.0 Å². The van der Waals surface area contributed by atoms with E-state index < -0.39 is 0 Å². The quantitative estimate of drug-likeness (QED) is 0.686. The van der Waals surface area contributed by atoms with Crippen LogP contribution >= 0.6 is 24.8 Å². The molecule has 1 aromatic carbocycles.